The van der Waals surface area contributed by atoms with Crippen LogP contribution in [0.4, 0.5) is 13.2 Å². The summed E-state index contributed by atoms with van der Waals surface area (Å²) in [5, 5.41) is 0. The summed E-state index contributed by atoms with van der Waals surface area (Å²) in [7, 11) is 0. The molecule has 0 saturated heterocycles. The molecule has 0 unspecified atom stereocenters. The van der Waals surface area contributed by atoms with Crippen LogP contribution in [0.15, 0.2) is 0 Å². The van der Waals surface area contributed by atoms with Gasteiger partial charge in [-0.25, -0.2) is 9.97 Å². The van der Waals surface area contributed by atoms with E-state index in [2.05, 4.69) is 16.2 Å². The highest BCUT2D eigenvalue weighted by Crippen LogP contribution is 2.26. The van der Waals surface area contributed by atoms with E-state index < -0.39 is 12.0 Å². The minimum absolute atomic E-state index is 0.426. The summed E-state index contributed by atoms with van der Waals surface area (Å²) in [6, 6.07) is 0. The van der Waals surface area contributed by atoms with Gasteiger partial charge in [0.2, 0.25) is 5.82 Å². The molecule has 0 fully saturated rings. The predicted octanol–water partition coefficient (Wildman–Crippen LogP) is 2.42. The molecule has 0 aliphatic carbocycles. The fourth-order valence-electron chi connectivity index (χ4n) is 1.11. The fourth-order valence-corrected chi connectivity index (χ4v) is 1.11. The zero-order valence-corrected chi connectivity index (χ0v) is 7.94. The Bertz CT molecular complexity index is 320. The Hall–Kier alpha value is -1.13. The van der Waals surface area contributed by atoms with Crippen molar-refractivity contribution in [1.82, 2.24) is 9.97 Å². The second-order valence-electron chi connectivity index (χ2n) is 2.79. The van der Waals surface area contributed by atoms with Gasteiger partial charge in [0.05, 0.1) is 6.20 Å². The maximum absolute atomic E-state index is 12.2. The molecule has 0 spiro atoms. The smallest absolute Gasteiger partial charge is 0.229 e. The quantitative estimate of drug-likeness (QED) is 0.737. The van der Waals surface area contributed by atoms with Crippen molar-refractivity contribution >= 4 is 0 Å². The summed E-state index contributed by atoms with van der Waals surface area (Å²) in [5.41, 5.74) is 1.08. The van der Waals surface area contributed by atoms with Crippen LogP contribution in [0.3, 0.4) is 0 Å². The normalized spacial score (nSPS) is 11.8. The summed E-state index contributed by atoms with van der Waals surface area (Å²) in [6.07, 6.45) is -1.04. The molecule has 0 amide bonds. The largest absolute Gasteiger partial charge is 0.451 e. The Balaban J connectivity index is 3.14. The van der Waals surface area contributed by atoms with Crippen LogP contribution in [0.1, 0.15) is 30.9 Å². The summed E-state index contributed by atoms with van der Waals surface area (Å²) in [5.74, 6) is -1.11. The molecule has 0 atom stereocenters. The average Bonchev–Trinajstić information content (AvgIpc) is 2.15. The highest BCUT2D eigenvalue weighted by atomic mass is 19.4. The van der Waals surface area contributed by atoms with Crippen LogP contribution in [0.2, 0.25) is 0 Å². The van der Waals surface area contributed by atoms with Gasteiger partial charge in [-0.15, -0.1) is 0 Å². The van der Waals surface area contributed by atoms with Crippen LogP contribution in [-0.2, 0) is 19.0 Å². The van der Waals surface area contributed by atoms with Gasteiger partial charge in [0.1, 0.15) is 0 Å². The lowest BCUT2D eigenvalue weighted by Gasteiger charge is -2.08. The highest BCUT2D eigenvalue weighted by Gasteiger charge is 2.34. The molecule has 77 valence electrons. The van der Waals surface area contributed by atoms with Gasteiger partial charge in [0.25, 0.3) is 0 Å². The SMILES string of the molecule is CCc1[c]nc(C(F)(F)F)nc1CC. The van der Waals surface area contributed by atoms with E-state index in [-0.39, 0.29) is 0 Å². The van der Waals surface area contributed by atoms with Crippen LogP contribution in [-0.4, -0.2) is 9.97 Å². The van der Waals surface area contributed by atoms with Gasteiger partial charge in [0, 0.05) is 11.3 Å². The van der Waals surface area contributed by atoms with E-state index in [1.807, 2.05) is 6.92 Å². The van der Waals surface area contributed by atoms with Gasteiger partial charge < -0.3 is 0 Å². The van der Waals surface area contributed by atoms with E-state index >= 15 is 0 Å². The van der Waals surface area contributed by atoms with Gasteiger partial charge in [-0.3, -0.25) is 0 Å². The molecule has 14 heavy (non-hydrogen) atoms. The van der Waals surface area contributed by atoms with Crippen molar-refractivity contribution in [3.05, 3.63) is 23.3 Å². The van der Waals surface area contributed by atoms with Crippen molar-refractivity contribution in [3.8, 4) is 0 Å². The van der Waals surface area contributed by atoms with Gasteiger partial charge in [-0.1, -0.05) is 13.8 Å². The van der Waals surface area contributed by atoms with Crippen LogP contribution < -0.4 is 0 Å². The lowest BCUT2D eigenvalue weighted by molar-refractivity contribution is -0.145. The molecule has 0 saturated carbocycles. The maximum Gasteiger partial charge on any atom is 0.451 e. The summed E-state index contributed by atoms with van der Waals surface area (Å²) in [6.45, 7) is 3.59. The highest BCUT2D eigenvalue weighted by molar-refractivity contribution is 5.17. The van der Waals surface area contributed by atoms with Crippen molar-refractivity contribution in [2.24, 2.45) is 0 Å². The third kappa shape index (κ3) is 2.21. The number of hydrogen-bond donors (Lipinski definition) is 0. The van der Waals surface area contributed by atoms with E-state index in [1.54, 1.807) is 6.92 Å². The third-order valence-corrected chi connectivity index (χ3v) is 1.83. The Labute approximate surface area is 80.2 Å². The first kappa shape index (κ1) is 10.9. The molecule has 1 aromatic rings. The minimum atomic E-state index is -4.48. The zero-order valence-electron chi connectivity index (χ0n) is 7.94. The number of aryl methyl sites for hydroxylation is 2. The molecule has 1 rings (SSSR count). The monoisotopic (exact) mass is 203 g/mol. The van der Waals surface area contributed by atoms with Crippen LogP contribution in [0, 0.1) is 6.20 Å². The second-order valence-corrected chi connectivity index (χ2v) is 2.79. The first-order valence-electron chi connectivity index (χ1n) is 4.33. The van der Waals surface area contributed by atoms with E-state index in [4.69, 9.17) is 0 Å². The van der Waals surface area contributed by atoms with Crippen molar-refractivity contribution < 1.29 is 13.2 Å². The molecule has 0 aromatic carbocycles. The molecule has 1 heterocycles. The summed E-state index contributed by atoms with van der Waals surface area (Å²) < 4.78 is 36.6. The van der Waals surface area contributed by atoms with Crippen molar-refractivity contribution in [2.45, 2.75) is 32.9 Å². The topological polar surface area (TPSA) is 25.8 Å². The number of nitrogens with zero attached hydrogens (tertiary/aromatic N) is 2. The van der Waals surface area contributed by atoms with Crippen molar-refractivity contribution in [2.75, 3.05) is 0 Å². The second kappa shape index (κ2) is 3.94. The Kier molecular flexibility index (Phi) is 3.08. The predicted molar refractivity (Wildman–Crippen MR) is 44.6 cm³/mol. The molecule has 0 aliphatic heterocycles. The lowest BCUT2D eigenvalue weighted by atomic mass is 10.1. The average molecular weight is 203 g/mol. The first-order chi connectivity index (χ1) is 6.49. The number of alkyl halides is 3. The Morgan fingerprint density at radius 3 is 2.29 bits per heavy atom. The molecular weight excluding hydrogens is 193 g/mol. The van der Waals surface area contributed by atoms with E-state index in [0.29, 0.717) is 24.1 Å². The molecule has 2 nitrogen and oxygen atoms in total. The van der Waals surface area contributed by atoms with Crippen LogP contribution in [0.25, 0.3) is 0 Å². The third-order valence-electron chi connectivity index (χ3n) is 1.83. The number of halogens is 3. The Morgan fingerprint density at radius 2 is 1.86 bits per heavy atom. The first-order valence-corrected chi connectivity index (χ1v) is 4.33. The van der Waals surface area contributed by atoms with Gasteiger partial charge in [-0.2, -0.15) is 13.2 Å². The summed E-state index contributed by atoms with van der Waals surface area (Å²) in [4.78, 5) is 6.63. The minimum Gasteiger partial charge on any atom is -0.229 e. The Morgan fingerprint density at radius 1 is 1.21 bits per heavy atom. The molecule has 0 bridgehead atoms. The van der Waals surface area contributed by atoms with E-state index in [9.17, 15) is 13.2 Å². The molecule has 1 radical (unpaired) electrons. The van der Waals surface area contributed by atoms with Crippen molar-refractivity contribution in [3.63, 3.8) is 0 Å². The molecule has 0 N–H and O–H groups in total. The van der Waals surface area contributed by atoms with Crippen LogP contribution >= 0.6 is 0 Å². The number of aromatic nitrogens is 2. The van der Waals surface area contributed by atoms with Crippen LogP contribution in [0.5, 0.6) is 0 Å². The van der Waals surface area contributed by atoms with Gasteiger partial charge in [-0.05, 0) is 12.8 Å². The number of hydrogen-bond acceptors (Lipinski definition) is 2. The van der Waals surface area contributed by atoms with E-state index in [0.717, 1.165) is 0 Å². The maximum atomic E-state index is 12.2. The molecular formula is C9H10F3N2. The fraction of sp³-hybridized carbons (Fsp3) is 0.556. The van der Waals surface area contributed by atoms with Gasteiger partial charge >= 0.3 is 6.18 Å². The summed E-state index contributed by atoms with van der Waals surface area (Å²) >= 11 is 0. The van der Waals surface area contributed by atoms with Gasteiger partial charge in [0.15, 0.2) is 0 Å². The molecule has 1 aromatic heterocycles. The lowest BCUT2D eigenvalue weighted by Crippen LogP contribution is -2.13. The zero-order chi connectivity index (χ0) is 10.8. The van der Waals surface area contributed by atoms with E-state index in [1.165, 1.54) is 0 Å². The molecule has 5 heteroatoms. The number of rotatable bonds is 2. The standard InChI is InChI=1S/C9H10F3N2/c1-3-6-5-13-8(9(10,11)12)14-7(6)4-2/h3-4H2,1-2H3. The molecule has 0 aliphatic rings. The van der Waals surface area contributed by atoms with Crippen molar-refractivity contribution in [1.29, 1.82) is 0 Å².